The molecule has 4 aromatic rings. The molecule has 2 N–H and O–H groups in total. The van der Waals surface area contributed by atoms with E-state index in [1.165, 1.54) is 44.6 Å². The number of carbonyl (C=O) groups excluding carboxylic acids is 1. The van der Waals surface area contributed by atoms with E-state index >= 15 is 0 Å². The van der Waals surface area contributed by atoms with Gasteiger partial charge in [-0.2, -0.15) is 0 Å². The zero-order valence-corrected chi connectivity index (χ0v) is 25.4. The number of methoxy groups -OCH3 is 1. The van der Waals surface area contributed by atoms with Crippen molar-refractivity contribution in [2.24, 2.45) is 0 Å². The summed E-state index contributed by atoms with van der Waals surface area (Å²) in [4.78, 5) is 28.1. The molecule has 1 aromatic carbocycles. The minimum atomic E-state index is -0.281. The Morgan fingerprint density at radius 2 is 1.93 bits per heavy atom. The number of anilines is 2. The molecule has 1 atom stereocenters. The van der Waals surface area contributed by atoms with E-state index in [9.17, 15) is 4.79 Å². The fraction of sp³-hybridized carbons (Fsp3) is 0.469. The lowest BCUT2D eigenvalue weighted by Crippen LogP contribution is -2.49. The van der Waals surface area contributed by atoms with Crippen molar-refractivity contribution in [1.29, 1.82) is 0 Å². The van der Waals surface area contributed by atoms with Crippen LogP contribution in [-0.4, -0.2) is 82.5 Å². The number of imidazole rings is 1. The van der Waals surface area contributed by atoms with E-state index in [-0.39, 0.29) is 11.9 Å². The maximum Gasteiger partial charge on any atom is 0.247 e. The fourth-order valence-corrected chi connectivity index (χ4v) is 7.85. The number of rotatable bonds is 6. The van der Waals surface area contributed by atoms with Gasteiger partial charge >= 0.3 is 0 Å². The number of hydrogen-bond acceptors (Lipinski definition) is 8. The van der Waals surface area contributed by atoms with Gasteiger partial charge in [0.15, 0.2) is 0 Å². The molecule has 1 aliphatic carbocycles. The van der Waals surface area contributed by atoms with Crippen molar-refractivity contribution in [1.82, 2.24) is 24.2 Å². The largest absolute Gasteiger partial charge is 0.495 e. The maximum absolute atomic E-state index is 13.1. The van der Waals surface area contributed by atoms with Gasteiger partial charge in [0, 0.05) is 62.5 Å². The van der Waals surface area contributed by atoms with Crippen molar-refractivity contribution in [3.05, 3.63) is 59.1 Å². The molecular formula is C32H39N7O2S. The number of nitrogens with zero attached hydrogens (tertiary/aromatic N) is 5. The monoisotopic (exact) mass is 585 g/mol. The first-order valence-corrected chi connectivity index (χ1v) is 15.9. The topological polar surface area (TPSA) is 87.0 Å². The predicted molar refractivity (Wildman–Crippen MR) is 168 cm³/mol. The number of aryl methyl sites for hydroxylation is 1. The first-order chi connectivity index (χ1) is 20.5. The van der Waals surface area contributed by atoms with E-state index in [0.717, 1.165) is 46.1 Å². The van der Waals surface area contributed by atoms with E-state index in [1.54, 1.807) is 18.4 Å². The zero-order valence-electron chi connectivity index (χ0n) is 24.6. The third-order valence-corrected chi connectivity index (χ3v) is 10.3. The second kappa shape index (κ2) is 11.3. The highest BCUT2D eigenvalue weighted by Crippen LogP contribution is 2.39. The van der Waals surface area contributed by atoms with E-state index in [4.69, 9.17) is 9.72 Å². The summed E-state index contributed by atoms with van der Waals surface area (Å²) in [6.45, 7) is 6.74. The molecule has 1 saturated heterocycles. The number of benzene rings is 1. The van der Waals surface area contributed by atoms with Gasteiger partial charge in [0.25, 0.3) is 0 Å². The summed E-state index contributed by atoms with van der Waals surface area (Å²) in [5, 5.41) is 9.54. The third-order valence-electron chi connectivity index (χ3n) is 9.41. The molecular weight excluding hydrogens is 546 g/mol. The minimum Gasteiger partial charge on any atom is -0.495 e. The molecule has 5 heterocycles. The van der Waals surface area contributed by atoms with Crippen LogP contribution >= 0.6 is 11.3 Å². The lowest BCUT2D eigenvalue weighted by Gasteiger charge is -2.41. The Balaban J connectivity index is 1.12. The number of thiophene rings is 1. The van der Waals surface area contributed by atoms with Crippen molar-refractivity contribution >= 4 is 33.4 Å². The van der Waals surface area contributed by atoms with Crippen LogP contribution in [-0.2, 0) is 11.2 Å². The van der Waals surface area contributed by atoms with Crippen LogP contribution in [0.2, 0.25) is 0 Å². The molecule has 42 heavy (non-hydrogen) atoms. The smallest absolute Gasteiger partial charge is 0.247 e. The van der Waals surface area contributed by atoms with Crippen molar-refractivity contribution in [2.45, 2.75) is 57.0 Å². The van der Waals surface area contributed by atoms with Crippen LogP contribution in [0.25, 0.3) is 16.8 Å². The summed E-state index contributed by atoms with van der Waals surface area (Å²) in [5.41, 5.74) is 5.71. The van der Waals surface area contributed by atoms with Gasteiger partial charge in [-0.1, -0.05) is 6.07 Å². The highest BCUT2D eigenvalue weighted by atomic mass is 32.1. The molecule has 2 aliphatic heterocycles. The number of hydrogen-bond donors (Lipinski definition) is 2. The molecule has 0 bridgehead atoms. The van der Waals surface area contributed by atoms with E-state index in [2.05, 4.69) is 54.5 Å². The normalized spacial score (nSPS) is 23.1. The van der Waals surface area contributed by atoms with Crippen molar-refractivity contribution in [2.75, 3.05) is 51.0 Å². The third kappa shape index (κ3) is 5.05. The number of fused-ring (bicyclic) bond motifs is 2. The Labute approximate surface area is 250 Å². The molecule has 2 fully saturated rings. The van der Waals surface area contributed by atoms with Crippen LogP contribution in [0.3, 0.4) is 0 Å². The van der Waals surface area contributed by atoms with Gasteiger partial charge < -0.3 is 20.3 Å². The SMILES string of the molecule is COc1cc(-c2nc(C3CCC(N4CCN(C)CC4)CC3)n3ccnc(C)c23)ccc1NC(=O)C1Cc2ccsc2N1. The molecule has 1 unspecified atom stereocenters. The van der Waals surface area contributed by atoms with Gasteiger partial charge in [0.1, 0.15) is 17.6 Å². The lowest BCUT2D eigenvalue weighted by atomic mass is 9.84. The van der Waals surface area contributed by atoms with Crippen LogP contribution in [0.15, 0.2) is 42.0 Å². The Morgan fingerprint density at radius 3 is 2.69 bits per heavy atom. The number of carbonyl (C=O) groups is 1. The highest BCUT2D eigenvalue weighted by molar-refractivity contribution is 7.14. The lowest BCUT2D eigenvalue weighted by molar-refractivity contribution is -0.116. The average molecular weight is 586 g/mol. The van der Waals surface area contributed by atoms with Crippen LogP contribution in [0, 0.1) is 6.92 Å². The van der Waals surface area contributed by atoms with Crippen LogP contribution < -0.4 is 15.4 Å². The number of ether oxygens (including phenoxy) is 1. The molecule has 1 saturated carbocycles. The number of likely N-dealkylation sites (N-methyl/N-ethyl adjacent to an activating group) is 1. The van der Waals surface area contributed by atoms with Gasteiger partial charge in [-0.05, 0) is 68.8 Å². The second-order valence-electron chi connectivity index (χ2n) is 12.0. The van der Waals surface area contributed by atoms with Crippen molar-refractivity contribution in [3.63, 3.8) is 0 Å². The molecule has 7 rings (SSSR count). The van der Waals surface area contributed by atoms with Crippen molar-refractivity contribution < 1.29 is 9.53 Å². The number of piperazine rings is 1. The summed E-state index contributed by atoms with van der Waals surface area (Å²) >= 11 is 1.63. The van der Waals surface area contributed by atoms with Gasteiger partial charge in [0.2, 0.25) is 5.91 Å². The van der Waals surface area contributed by atoms with E-state index in [0.29, 0.717) is 29.8 Å². The van der Waals surface area contributed by atoms with Gasteiger partial charge in [0.05, 0.1) is 34.7 Å². The van der Waals surface area contributed by atoms with Crippen LogP contribution in [0.4, 0.5) is 10.7 Å². The molecule has 220 valence electrons. The minimum absolute atomic E-state index is 0.0635. The highest BCUT2D eigenvalue weighted by Gasteiger charge is 2.32. The molecule has 1 amide bonds. The summed E-state index contributed by atoms with van der Waals surface area (Å²) in [6, 6.07) is 8.42. The number of nitrogens with one attached hydrogen (secondary N) is 2. The molecule has 0 radical (unpaired) electrons. The molecule has 3 aromatic heterocycles. The summed E-state index contributed by atoms with van der Waals surface area (Å²) < 4.78 is 8.02. The second-order valence-corrected chi connectivity index (χ2v) is 12.9. The summed E-state index contributed by atoms with van der Waals surface area (Å²) in [5.74, 6) is 2.09. The quantitative estimate of drug-likeness (QED) is 0.329. The Morgan fingerprint density at radius 1 is 1.12 bits per heavy atom. The zero-order chi connectivity index (χ0) is 28.8. The Bertz CT molecular complexity index is 1580. The number of aromatic nitrogens is 3. The van der Waals surface area contributed by atoms with Crippen molar-refractivity contribution in [3.8, 4) is 17.0 Å². The number of amides is 1. The first kappa shape index (κ1) is 27.4. The molecule has 0 spiro atoms. The summed E-state index contributed by atoms with van der Waals surface area (Å²) in [6.07, 6.45) is 9.35. The van der Waals surface area contributed by atoms with Gasteiger partial charge in [-0.3, -0.25) is 19.1 Å². The average Bonchev–Trinajstić information content (AvgIpc) is 3.73. The molecule has 9 nitrogen and oxygen atoms in total. The molecule has 3 aliphatic rings. The first-order valence-electron chi connectivity index (χ1n) is 15.1. The fourth-order valence-electron chi connectivity index (χ4n) is 6.97. The van der Waals surface area contributed by atoms with Gasteiger partial charge in [-0.15, -0.1) is 11.3 Å². The Kier molecular flexibility index (Phi) is 7.37. The van der Waals surface area contributed by atoms with Crippen LogP contribution in [0.1, 0.15) is 48.7 Å². The van der Waals surface area contributed by atoms with Crippen LogP contribution in [0.5, 0.6) is 5.75 Å². The van der Waals surface area contributed by atoms with Gasteiger partial charge in [-0.25, -0.2) is 4.98 Å². The predicted octanol–water partition coefficient (Wildman–Crippen LogP) is 5.02. The standard InChI is InChI=1S/C32H39N7O2S/c1-20-29-28(22-6-9-25(27(19-22)41-3)34-31(40)26-18-23-10-17-42-32(23)35-26)36-30(39(29)12-11-33-20)21-4-7-24(8-5-21)38-15-13-37(2)14-16-38/h6,9-12,17,19,21,24,26,35H,4-5,7-8,13-16,18H2,1-3H3,(H,34,40). The summed E-state index contributed by atoms with van der Waals surface area (Å²) in [7, 11) is 3.86. The Hall–Kier alpha value is -3.47. The maximum atomic E-state index is 13.1. The van der Waals surface area contributed by atoms with E-state index in [1.807, 2.05) is 31.3 Å². The van der Waals surface area contributed by atoms with E-state index < -0.39 is 0 Å². The molecule has 10 heteroatoms.